The van der Waals surface area contributed by atoms with Gasteiger partial charge in [0.25, 0.3) is 11.1 Å². The van der Waals surface area contributed by atoms with Gasteiger partial charge < -0.3 is 9.84 Å². The summed E-state index contributed by atoms with van der Waals surface area (Å²) in [7, 11) is 0. The highest BCUT2D eigenvalue weighted by atomic mass is 16.5. The van der Waals surface area contributed by atoms with E-state index in [9.17, 15) is 4.79 Å². The van der Waals surface area contributed by atoms with Crippen LogP contribution in [0.5, 0.6) is 0 Å². The van der Waals surface area contributed by atoms with E-state index in [1.165, 1.54) is 12.8 Å². The molecule has 2 aromatic rings. The van der Waals surface area contributed by atoms with Crippen LogP contribution in [0.15, 0.2) is 9.32 Å². The molecule has 0 atom stereocenters. The molecule has 1 aliphatic carbocycles. The standard InChI is InChI=1S/C13H16N4O2/c18-13-12-11(15-9-7-14-5-6-17(9)13)10(16-19-12)8-3-1-2-4-8/h8,14H,1-7H2. The maximum atomic E-state index is 12.4. The highest BCUT2D eigenvalue weighted by Crippen LogP contribution is 2.35. The zero-order chi connectivity index (χ0) is 12.8. The third kappa shape index (κ3) is 1.63. The predicted molar refractivity (Wildman–Crippen MR) is 69.0 cm³/mol. The lowest BCUT2D eigenvalue weighted by Gasteiger charge is -2.17. The fraction of sp³-hybridized carbons (Fsp3) is 0.615. The molecule has 6 heteroatoms. The smallest absolute Gasteiger partial charge is 0.300 e. The summed E-state index contributed by atoms with van der Waals surface area (Å²) >= 11 is 0. The molecule has 2 aliphatic rings. The number of fused-ring (bicyclic) bond motifs is 2. The third-order valence-electron chi connectivity index (χ3n) is 4.22. The Labute approximate surface area is 109 Å². The van der Waals surface area contributed by atoms with Gasteiger partial charge in [-0.25, -0.2) is 4.98 Å². The van der Waals surface area contributed by atoms with Gasteiger partial charge in [0.2, 0.25) is 0 Å². The number of aromatic nitrogens is 3. The second kappa shape index (κ2) is 4.16. The topological polar surface area (TPSA) is 73.0 Å². The van der Waals surface area contributed by atoms with E-state index in [2.05, 4.69) is 15.5 Å². The summed E-state index contributed by atoms with van der Waals surface area (Å²) in [6.45, 7) is 2.08. The van der Waals surface area contributed by atoms with E-state index in [1.807, 2.05) is 0 Å². The Morgan fingerprint density at radius 3 is 3.00 bits per heavy atom. The Morgan fingerprint density at radius 2 is 2.16 bits per heavy atom. The molecule has 4 rings (SSSR count). The van der Waals surface area contributed by atoms with Crippen molar-refractivity contribution in [2.24, 2.45) is 0 Å². The van der Waals surface area contributed by atoms with Crippen molar-refractivity contribution < 1.29 is 4.52 Å². The van der Waals surface area contributed by atoms with E-state index in [1.54, 1.807) is 4.57 Å². The lowest BCUT2D eigenvalue weighted by molar-refractivity contribution is 0.426. The van der Waals surface area contributed by atoms with Gasteiger partial charge in [-0.3, -0.25) is 9.36 Å². The molecule has 19 heavy (non-hydrogen) atoms. The van der Waals surface area contributed by atoms with Crippen LogP contribution in [-0.2, 0) is 13.1 Å². The molecule has 2 aromatic heterocycles. The third-order valence-corrected chi connectivity index (χ3v) is 4.22. The average molecular weight is 260 g/mol. The van der Waals surface area contributed by atoms with Crippen LogP contribution in [0.3, 0.4) is 0 Å². The number of hydrogen-bond acceptors (Lipinski definition) is 5. The molecule has 0 radical (unpaired) electrons. The van der Waals surface area contributed by atoms with Crippen molar-refractivity contribution in [1.29, 1.82) is 0 Å². The van der Waals surface area contributed by atoms with Crippen molar-refractivity contribution in [2.45, 2.75) is 44.7 Å². The molecule has 0 spiro atoms. The predicted octanol–water partition coefficient (Wildman–Crippen LogP) is 1.15. The molecule has 0 unspecified atom stereocenters. The number of nitrogens with zero attached hydrogens (tertiary/aromatic N) is 3. The maximum Gasteiger partial charge on any atom is 0.300 e. The minimum atomic E-state index is -0.0850. The fourth-order valence-electron chi connectivity index (χ4n) is 3.20. The molecule has 1 aliphatic heterocycles. The van der Waals surface area contributed by atoms with Gasteiger partial charge in [-0.15, -0.1) is 0 Å². The first-order chi connectivity index (χ1) is 9.34. The van der Waals surface area contributed by atoms with Gasteiger partial charge in [0.05, 0.1) is 6.54 Å². The van der Waals surface area contributed by atoms with Gasteiger partial charge in [-0.1, -0.05) is 18.0 Å². The zero-order valence-electron chi connectivity index (χ0n) is 10.7. The molecule has 0 bridgehead atoms. The molecule has 1 N–H and O–H groups in total. The lowest BCUT2D eigenvalue weighted by atomic mass is 10.0. The Kier molecular flexibility index (Phi) is 2.44. The molecule has 3 heterocycles. The van der Waals surface area contributed by atoms with Gasteiger partial charge in [0.1, 0.15) is 17.0 Å². The largest absolute Gasteiger partial charge is 0.348 e. The molecule has 1 fully saturated rings. The Bertz CT molecular complexity index is 682. The zero-order valence-corrected chi connectivity index (χ0v) is 10.7. The van der Waals surface area contributed by atoms with Crippen molar-refractivity contribution in [3.63, 3.8) is 0 Å². The Morgan fingerprint density at radius 1 is 1.32 bits per heavy atom. The van der Waals surface area contributed by atoms with Crippen molar-refractivity contribution in [1.82, 2.24) is 20.0 Å². The minimum Gasteiger partial charge on any atom is -0.348 e. The van der Waals surface area contributed by atoms with Gasteiger partial charge in [-0.2, -0.15) is 0 Å². The summed E-state index contributed by atoms with van der Waals surface area (Å²) < 4.78 is 6.99. The van der Waals surface area contributed by atoms with E-state index in [0.29, 0.717) is 30.1 Å². The van der Waals surface area contributed by atoms with Crippen LogP contribution < -0.4 is 10.9 Å². The van der Waals surface area contributed by atoms with Crippen LogP contribution >= 0.6 is 0 Å². The van der Waals surface area contributed by atoms with Gasteiger partial charge >= 0.3 is 0 Å². The molecule has 0 aromatic carbocycles. The van der Waals surface area contributed by atoms with Crippen LogP contribution in [0.4, 0.5) is 0 Å². The average Bonchev–Trinajstić information content (AvgIpc) is 3.07. The maximum absolute atomic E-state index is 12.4. The molecule has 0 amide bonds. The summed E-state index contributed by atoms with van der Waals surface area (Å²) in [5.41, 5.74) is 1.82. The van der Waals surface area contributed by atoms with E-state index in [0.717, 1.165) is 30.9 Å². The summed E-state index contributed by atoms with van der Waals surface area (Å²) in [6, 6.07) is 0. The fourth-order valence-corrected chi connectivity index (χ4v) is 3.20. The molecule has 100 valence electrons. The summed E-state index contributed by atoms with van der Waals surface area (Å²) in [6.07, 6.45) is 4.70. The Balaban J connectivity index is 1.93. The van der Waals surface area contributed by atoms with Crippen LogP contribution in [0.1, 0.15) is 43.1 Å². The minimum absolute atomic E-state index is 0.0850. The highest BCUT2D eigenvalue weighted by Gasteiger charge is 2.26. The van der Waals surface area contributed by atoms with Gasteiger partial charge in [0.15, 0.2) is 0 Å². The van der Waals surface area contributed by atoms with Crippen LogP contribution in [0.25, 0.3) is 11.1 Å². The van der Waals surface area contributed by atoms with Crippen LogP contribution in [0.2, 0.25) is 0 Å². The van der Waals surface area contributed by atoms with E-state index in [4.69, 9.17) is 4.52 Å². The quantitative estimate of drug-likeness (QED) is 0.832. The number of rotatable bonds is 1. The monoisotopic (exact) mass is 260 g/mol. The molecule has 0 saturated heterocycles. The first-order valence-corrected chi connectivity index (χ1v) is 6.94. The highest BCUT2D eigenvalue weighted by molar-refractivity contribution is 5.74. The Hall–Kier alpha value is -1.69. The number of nitrogens with one attached hydrogen (secondary N) is 1. The summed E-state index contributed by atoms with van der Waals surface area (Å²) in [5, 5.41) is 7.38. The van der Waals surface area contributed by atoms with E-state index in [-0.39, 0.29) is 5.56 Å². The van der Waals surface area contributed by atoms with Crippen molar-refractivity contribution >= 4 is 11.1 Å². The van der Waals surface area contributed by atoms with Crippen LogP contribution in [0, 0.1) is 0 Å². The number of hydrogen-bond donors (Lipinski definition) is 1. The van der Waals surface area contributed by atoms with Crippen molar-refractivity contribution in [3.05, 3.63) is 21.9 Å². The van der Waals surface area contributed by atoms with Crippen molar-refractivity contribution in [3.8, 4) is 0 Å². The van der Waals surface area contributed by atoms with Crippen LogP contribution in [-0.4, -0.2) is 21.3 Å². The first-order valence-electron chi connectivity index (χ1n) is 6.94. The van der Waals surface area contributed by atoms with Crippen molar-refractivity contribution in [2.75, 3.05) is 6.54 Å². The molecule has 1 saturated carbocycles. The van der Waals surface area contributed by atoms with E-state index < -0.39 is 0 Å². The molecular formula is C13H16N4O2. The second-order valence-corrected chi connectivity index (χ2v) is 5.39. The van der Waals surface area contributed by atoms with Gasteiger partial charge in [0, 0.05) is 19.0 Å². The van der Waals surface area contributed by atoms with Gasteiger partial charge in [-0.05, 0) is 12.8 Å². The normalized spacial score (nSPS) is 20.0. The van der Waals surface area contributed by atoms with E-state index >= 15 is 0 Å². The lowest BCUT2D eigenvalue weighted by Crippen LogP contribution is -2.36. The first kappa shape index (κ1) is 11.2. The summed E-state index contributed by atoms with van der Waals surface area (Å²) in [5.74, 6) is 1.21. The SMILES string of the molecule is O=c1c2onc(C3CCCC3)c2nc2n1CCNC2. The second-order valence-electron chi connectivity index (χ2n) is 5.39. The molecular weight excluding hydrogens is 244 g/mol. The summed E-state index contributed by atoms with van der Waals surface area (Å²) in [4.78, 5) is 17.0. The molecule has 6 nitrogen and oxygen atoms in total.